The molecule has 1 aliphatic rings. The zero-order valence-corrected chi connectivity index (χ0v) is 16.7. The maximum absolute atomic E-state index is 6.38. The van der Waals surface area contributed by atoms with E-state index >= 15 is 0 Å². The molecular formula is C18H20BrClN4O2. The number of nitrogens with one attached hydrogen (secondary N) is 1. The Balaban J connectivity index is 1.79. The molecule has 0 saturated carbocycles. The zero-order chi connectivity index (χ0) is 18.3. The van der Waals surface area contributed by atoms with Gasteiger partial charge in [-0.2, -0.15) is 5.10 Å². The first-order valence-electron chi connectivity index (χ1n) is 8.53. The molecular weight excluding hydrogens is 420 g/mol. The van der Waals surface area contributed by atoms with Crippen LogP contribution in [0.15, 0.2) is 33.5 Å². The number of hydrogen-bond acceptors (Lipinski definition) is 5. The first-order chi connectivity index (χ1) is 12.6. The van der Waals surface area contributed by atoms with Gasteiger partial charge in [0.2, 0.25) is 0 Å². The fraction of sp³-hybridized carbons (Fsp3) is 0.389. The van der Waals surface area contributed by atoms with Gasteiger partial charge in [0, 0.05) is 24.6 Å². The summed E-state index contributed by atoms with van der Waals surface area (Å²) in [7, 11) is 0. The zero-order valence-electron chi connectivity index (χ0n) is 14.3. The predicted octanol–water partition coefficient (Wildman–Crippen LogP) is 4.09. The van der Waals surface area contributed by atoms with Gasteiger partial charge < -0.3 is 20.2 Å². The molecule has 8 heteroatoms. The van der Waals surface area contributed by atoms with Crippen molar-refractivity contribution in [3.05, 3.63) is 51.1 Å². The van der Waals surface area contributed by atoms with Crippen LogP contribution in [0.5, 0.6) is 0 Å². The number of nitrogens with two attached hydrogens (primary N) is 1. The van der Waals surface area contributed by atoms with Crippen molar-refractivity contribution in [2.24, 2.45) is 5.73 Å². The average molecular weight is 440 g/mol. The molecule has 0 aliphatic carbocycles. The standard InChI is InChI=1S/C18H20BrClN4O2/c1-10-16(12-9-25-6-4-13(12)21)18(19)24-17(10)14(7-15(20)23-24)22-8-11-3-2-5-26-11/h2-3,5,7,12-13,22H,4,6,8-9,21H2,1H3/t12-,13-/m0/s1. The van der Waals surface area contributed by atoms with E-state index in [1.807, 2.05) is 22.7 Å². The van der Waals surface area contributed by atoms with Gasteiger partial charge in [-0.05, 0) is 52.5 Å². The molecule has 1 saturated heterocycles. The van der Waals surface area contributed by atoms with Crippen molar-refractivity contribution in [1.29, 1.82) is 0 Å². The quantitative estimate of drug-likeness (QED) is 0.640. The van der Waals surface area contributed by atoms with E-state index in [2.05, 4.69) is 33.3 Å². The lowest BCUT2D eigenvalue weighted by molar-refractivity contribution is 0.0688. The lowest BCUT2D eigenvalue weighted by Gasteiger charge is -2.29. The highest BCUT2D eigenvalue weighted by Crippen LogP contribution is 2.39. The number of nitrogens with zero attached hydrogens (tertiary/aromatic N) is 2. The maximum Gasteiger partial charge on any atom is 0.152 e. The van der Waals surface area contributed by atoms with Crippen LogP contribution in [0.3, 0.4) is 0 Å². The molecule has 0 spiro atoms. The third-order valence-electron chi connectivity index (χ3n) is 4.91. The van der Waals surface area contributed by atoms with E-state index in [1.54, 1.807) is 6.26 Å². The number of rotatable bonds is 4. The monoisotopic (exact) mass is 438 g/mol. The Bertz CT molecular complexity index is 925. The molecule has 0 amide bonds. The first kappa shape index (κ1) is 17.9. The van der Waals surface area contributed by atoms with Gasteiger partial charge >= 0.3 is 0 Å². The third kappa shape index (κ3) is 3.13. The fourth-order valence-corrected chi connectivity index (χ4v) is 4.62. The van der Waals surface area contributed by atoms with E-state index in [9.17, 15) is 0 Å². The smallest absolute Gasteiger partial charge is 0.152 e. The Hall–Kier alpha value is -1.54. The number of furan rings is 1. The molecule has 0 radical (unpaired) electrons. The third-order valence-corrected chi connectivity index (χ3v) is 5.85. The second kappa shape index (κ2) is 7.23. The summed E-state index contributed by atoms with van der Waals surface area (Å²) in [5.41, 5.74) is 10.5. The van der Waals surface area contributed by atoms with E-state index in [0.29, 0.717) is 24.9 Å². The van der Waals surface area contributed by atoms with Gasteiger partial charge in [-0.3, -0.25) is 0 Å². The van der Waals surface area contributed by atoms with Crippen LogP contribution < -0.4 is 11.1 Å². The van der Waals surface area contributed by atoms with E-state index in [4.69, 9.17) is 26.5 Å². The van der Waals surface area contributed by atoms with Gasteiger partial charge in [0.05, 0.1) is 30.6 Å². The Labute approximate surface area is 164 Å². The molecule has 2 atom stereocenters. The van der Waals surface area contributed by atoms with E-state index in [1.165, 1.54) is 0 Å². The molecule has 1 aliphatic heterocycles. The molecule has 3 aromatic rings. The summed E-state index contributed by atoms with van der Waals surface area (Å²) in [5.74, 6) is 0.971. The average Bonchev–Trinajstić information content (AvgIpc) is 3.22. The Morgan fingerprint density at radius 2 is 2.35 bits per heavy atom. The molecule has 3 aromatic heterocycles. The summed E-state index contributed by atoms with van der Waals surface area (Å²) in [6, 6.07) is 5.69. The molecule has 0 unspecified atom stereocenters. The van der Waals surface area contributed by atoms with Crippen molar-refractivity contribution in [2.75, 3.05) is 18.5 Å². The van der Waals surface area contributed by atoms with Gasteiger partial charge in [-0.25, -0.2) is 4.52 Å². The molecule has 0 bridgehead atoms. The Morgan fingerprint density at radius 1 is 1.50 bits per heavy atom. The molecule has 26 heavy (non-hydrogen) atoms. The van der Waals surface area contributed by atoms with Crippen LogP contribution >= 0.6 is 27.5 Å². The maximum atomic E-state index is 6.38. The summed E-state index contributed by atoms with van der Waals surface area (Å²) in [5, 5.41) is 8.28. The van der Waals surface area contributed by atoms with Crippen LogP contribution in [0.1, 0.15) is 29.2 Å². The van der Waals surface area contributed by atoms with Gasteiger partial charge in [-0.15, -0.1) is 0 Å². The number of anilines is 1. The molecule has 138 valence electrons. The largest absolute Gasteiger partial charge is 0.467 e. The number of aromatic nitrogens is 2. The van der Waals surface area contributed by atoms with Gasteiger partial charge in [0.25, 0.3) is 0 Å². The summed E-state index contributed by atoms with van der Waals surface area (Å²) in [6.07, 6.45) is 2.51. The lowest BCUT2D eigenvalue weighted by atomic mass is 9.89. The van der Waals surface area contributed by atoms with Gasteiger partial charge in [-0.1, -0.05) is 11.6 Å². The summed E-state index contributed by atoms with van der Waals surface area (Å²) in [6.45, 7) is 3.97. The van der Waals surface area contributed by atoms with Crippen molar-refractivity contribution in [3.8, 4) is 0 Å². The second-order valence-electron chi connectivity index (χ2n) is 6.54. The minimum absolute atomic E-state index is 0.0613. The molecule has 3 N–H and O–H groups in total. The topological polar surface area (TPSA) is 77.7 Å². The van der Waals surface area contributed by atoms with Crippen molar-refractivity contribution in [2.45, 2.75) is 31.8 Å². The fourth-order valence-electron chi connectivity index (χ4n) is 3.59. The number of hydrogen-bond donors (Lipinski definition) is 2. The van der Waals surface area contributed by atoms with Crippen molar-refractivity contribution in [3.63, 3.8) is 0 Å². The molecule has 4 heterocycles. The minimum atomic E-state index is 0.0613. The summed E-state index contributed by atoms with van der Waals surface area (Å²) in [4.78, 5) is 0. The molecule has 0 aromatic carbocycles. The van der Waals surface area contributed by atoms with Crippen LogP contribution in [0, 0.1) is 6.92 Å². The number of aryl methyl sites for hydroxylation is 1. The first-order valence-corrected chi connectivity index (χ1v) is 9.70. The van der Waals surface area contributed by atoms with Crippen LogP contribution in [0.4, 0.5) is 5.69 Å². The highest BCUT2D eigenvalue weighted by Gasteiger charge is 2.31. The summed E-state index contributed by atoms with van der Waals surface area (Å²) >= 11 is 9.98. The Morgan fingerprint density at radius 3 is 3.08 bits per heavy atom. The number of ether oxygens (including phenoxy) is 1. The van der Waals surface area contributed by atoms with Crippen molar-refractivity contribution >= 4 is 38.7 Å². The normalized spacial score (nSPS) is 20.6. The van der Waals surface area contributed by atoms with Crippen LogP contribution in [-0.4, -0.2) is 28.9 Å². The number of halogens is 2. The molecule has 1 fully saturated rings. The van der Waals surface area contributed by atoms with Gasteiger partial charge in [0.1, 0.15) is 10.4 Å². The minimum Gasteiger partial charge on any atom is -0.467 e. The van der Waals surface area contributed by atoms with Crippen LogP contribution in [0.25, 0.3) is 5.52 Å². The van der Waals surface area contributed by atoms with Crippen molar-refractivity contribution in [1.82, 2.24) is 9.61 Å². The highest BCUT2D eigenvalue weighted by molar-refractivity contribution is 9.10. The molecule has 4 rings (SSSR count). The predicted molar refractivity (Wildman–Crippen MR) is 105 cm³/mol. The second-order valence-corrected chi connectivity index (χ2v) is 7.68. The molecule has 6 nitrogen and oxygen atoms in total. The SMILES string of the molecule is Cc1c([C@H]2COCC[C@@H]2N)c(Br)n2nc(Cl)cc(NCc3ccco3)c12. The Kier molecular flexibility index (Phi) is 4.96. The summed E-state index contributed by atoms with van der Waals surface area (Å²) < 4.78 is 13.8. The number of fused-ring (bicyclic) bond motifs is 1. The van der Waals surface area contributed by atoms with E-state index in [0.717, 1.165) is 39.1 Å². The van der Waals surface area contributed by atoms with Crippen molar-refractivity contribution < 1.29 is 9.15 Å². The highest BCUT2D eigenvalue weighted by atomic mass is 79.9. The van der Waals surface area contributed by atoms with E-state index < -0.39 is 0 Å². The van der Waals surface area contributed by atoms with E-state index in [-0.39, 0.29) is 12.0 Å². The lowest BCUT2D eigenvalue weighted by Crippen LogP contribution is -2.37. The van der Waals surface area contributed by atoms with Gasteiger partial charge in [0.15, 0.2) is 5.15 Å². The van der Waals surface area contributed by atoms with Crippen LogP contribution in [-0.2, 0) is 11.3 Å². The van der Waals surface area contributed by atoms with Crippen LogP contribution in [0.2, 0.25) is 5.15 Å².